The summed E-state index contributed by atoms with van der Waals surface area (Å²) in [6, 6.07) is 0. The summed E-state index contributed by atoms with van der Waals surface area (Å²) in [5.41, 5.74) is 0.578. The molecule has 2 rings (SSSR count). The number of likely N-dealkylation sites (tertiary alicyclic amines) is 1. The van der Waals surface area contributed by atoms with Gasteiger partial charge in [-0.2, -0.15) is 0 Å². The molecule has 0 aromatic heterocycles. The first-order chi connectivity index (χ1) is 7.47. The first kappa shape index (κ1) is 12.3. The van der Waals surface area contributed by atoms with Gasteiger partial charge in [-0.05, 0) is 33.6 Å². The van der Waals surface area contributed by atoms with E-state index in [1.54, 1.807) is 0 Å². The Morgan fingerprint density at radius 2 is 1.88 bits per heavy atom. The number of hydrogen-bond donors (Lipinski definition) is 0. The molecule has 0 amide bonds. The summed E-state index contributed by atoms with van der Waals surface area (Å²) in [5.74, 6) is 0. The van der Waals surface area contributed by atoms with Crippen LogP contribution in [-0.4, -0.2) is 50.0 Å². The summed E-state index contributed by atoms with van der Waals surface area (Å²) in [4.78, 5) is 2.50. The third kappa shape index (κ3) is 2.76. The molecule has 2 aliphatic rings. The normalized spacial score (nSPS) is 26.8. The molecular weight excluding hydrogens is 202 g/mol. The third-order valence-corrected chi connectivity index (χ3v) is 3.85. The second-order valence-electron chi connectivity index (χ2n) is 6.16. The van der Waals surface area contributed by atoms with E-state index in [1.807, 2.05) is 7.11 Å². The highest BCUT2D eigenvalue weighted by atomic mass is 16.5. The highest BCUT2D eigenvalue weighted by molar-refractivity contribution is 5.01. The van der Waals surface area contributed by atoms with Crippen LogP contribution < -0.4 is 0 Å². The molecule has 1 aliphatic heterocycles. The predicted molar refractivity (Wildman–Crippen MR) is 64.6 cm³/mol. The lowest BCUT2D eigenvalue weighted by molar-refractivity contribution is -0.120. The van der Waals surface area contributed by atoms with Crippen LogP contribution in [0, 0.1) is 5.41 Å². The largest absolute Gasteiger partial charge is 0.378 e. The van der Waals surface area contributed by atoms with Crippen LogP contribution >= 0.6 is 0 Å². The highest BCUT2D eigenvalue weighted by Crippen LogP contribution is 2.47. The summed E-state index contributed by atoms with van der Waals surface area (Å²) < 4.78 is 11.2. The standard InChI is InChI=1S/C13H25NO2/c1-11(2)16-10-13(5-6-13)9-14-7-12(3,8-14)15-4/h11H,5-10H2,1-4H3. The number of hydrogen-bond acceptors (Lipinski definition) is 3. The Morgan fingerprint density at radius 3 is 2.31 bits per heavy atom. The van der Waals surface area contributed by atoms with E-state index in [0.29, 0.717) is 11.5 Å². The molecule has 0 aromatic rings. The van der Waals surface area contributed by atoms with Crippen molar-refractivity contribution in [3.05, 3.63) is 0 Å². The topological polar surface area (TPSA) is 21.7 Å². The zero-order valence-electron chi connectivity index (χ0n) is 11.1. The van der Waals surface area contributed by atoms with Gasteiger partial charge in [-0.3, -0.25) is 4.90 Å². The highest BCUT2D eigenvalue weighted by Gasteiger charge is 2.48. The molecule has 3 heteroatoms. The van der Waals surface area contributed by atoms with Crippen LogP contribution in [-0.2, 0) is 9.47 Å². The number of ether oxygens (including phenoxy) is 2. The molecule has 0 radical (unpaired) electrons. The minimum atomic E-state index is 0.106. The van der Waals surface area contributed by atoms with E-state index in [-0.39, 0.29) is 5.60 Å². The smallest absolute Gasteiger partial charge is 0.0903 e. The van der Waals surface area contributed by atoms with E-state index in [4.69, 9.17) is 9.47 Å². The average Bonchev–Trinajstić information content (AvgIpc) is 2.93. The molecule has 0 aromatic carbocycles. The SMILES string of the molecule is COC1(C)CN(CC2(COC(C)C)CC2)C1. The molecule has 1 heterocycles. The monoisotopic (exact) mass is 227 g/mol. The molecule has 94 valence electrons. The fourth-order valence-corrected chi connectivity index (χ4v) is 2.48. The van der Waals surface area contributed by atoms with Crippen LogP contribution in [0.15, 0.2) is 0 Å². The van der Waals surface area contributed by atoms with Crippen molar-refractivity contribution in [3.63, 3.8) is 0 Å². The Hall–Kier alpha value is -0.120. The van der Waals surface area contributed by atoms with Crippen molar-refractivity contribution in [1.82, 2.24) is 4.90 Å². The van der Waals surface area contributed by atoms with Crippen LogP contribution in [0.25, 0.3) is 0 Å². The minimum Gasteiger partial charge on any atom is -0.378 e. The van der Waals surface area contributed by atoms with Crippen LogP contribution in [0.4, 0.5) is 0 Å². The zero-order valence-corrected chi connectivity index (χ0v) is 11.1. The fraction of sp³-hybridized carbons (Fsp3) is 1.00. The summed E-state index contributed by atoms with van der Waals surface area (Å²) in [6.45, 7) is 10.7. The van der Waals surface area contributed by atoms with Crippen molar-refractivity contribution in [1.29, 1.82) is 0 Å². The Kier molecular flexibility index (Phi) is 3.30. The van der Waals surface area contributed by atoms with Gasteiger partial charge in [-0.25, -0.2) is 0 Å². The van der Waals surface area contributed by atoms with Crippen molar-refractivity contribution < 1.29 is 9.47 Å². The average molecular weight is 227 g/mol. The first-order valence-corrected chi connectivity index (χ1v) is 6.36. The lowest BCUT2D eigenvalue weighted by atomic mass is 9.94. The molecule has 2 fully saturated rings. The summed E-state index contributed by atoms with van der Waals surface area (Å²) in [5, 5.41) is 0. The summed E-state index contributed by atoms with van der Waals surface area (Å²) in [7, 11) is 1.81. The second kappa shape index (κ2) is 4.28. The molecule has 1 aliphatic carbocycles. The molecule has 16 heavy (non-hydrogen) atoms. The van der Waals surface area contributed by atoms with E-state index >= 15 is 0 Å². The van der Waals surface area contributed by atoms with Gasteiger partial charge in [-0.1, -0.05) is 0 Å². The lowest BCUT2D eigenvalue weighted by Gasteiger charge is -2.48. The van der Waals surface area contributed by atoms with E-state index in [2.05, 4.69) is 25.7 Å². The van der Waals surface area contributed by atoms with E-state index in [1.165, 1.54) is 19.4 Å². The van der Waals surface area contributed by atoms with Crippen LogP contribution in [0.5, 0.6) is 0 Å². The number of methoxy groups -OCH3 is 1. The van der Waals surface area contributed by atoms with Gasteiger partial charge < -0.3 is 9.47 Å². The van der Waals surface area contributed by atoms with Crippen LogP contribution in [0.2, 0.25) is 0 Å². The predicted octanol–water partition coefficient (Wildman–Crippen LogP) is 1.91. The van der Waals surface area contributed by atoms with Crippen molar-refractivity contribution in [3.8, 4) is 0 Å². The lowest BCUT2D eigenvalue weighted by Crippen LogP contribution is -2.62. The second-order valence-corrected chi connectivity index (χ2v) is 6.16. The van der Waals surface area contributed by atoms with Gasteiger partial charge >= 0.3 is 0 Å². The molecule has 1 saturated heterocycles. The Labute approximate surface area is 99.1 Å². The first-order valence-electron chi connectivity index (χ1n) is 6.36. The molecule has 0 unspecified atom stereocenters. The molecule has 0 atom stereocenters. The van der Waals surface area contributed by atoms with Crippen LogP contribution in [0.1, 0.15) is 33.6 Å². The van der Waals surface area contributed by atoms with E-state index in [0.717, 1.165) is 19.7 Å². The van der Waals surface area contributed by atoms with Gasteiger partial charge in [0.2, 0.25) is 0 Å². The maximum atomic E-state index is 5.76. The maximum absolute atomic E-state index is 5.76. The van der Waals surface area contributed by atoms with Gasteiger partial charge in [0, 0.05) is 32.2 Å². The molecule has 0 N–H and O–H groups in total. The molecule has 3 nitrogen and oxygen atoms in total. The van der Waals surface area contributed by atoms with Crippen molar-refractivity contribution >= 4 is 0 Å². The van der Waals surface area contributed by atoms with Crippen molar-refractivity contribution in [2.24, 2.45) is 5.41 Å². The Balaban J connectivity index is 1.71. The molecule has 1 saturated carbocycles. The minimum absolute atomic E-state index is 0.106. The van der Waals surface area contributed by atoms with Gasteiger partial charge in [0.25, 0.3) is 0 Å². The number of nitrogens with zero attached hydrogens (tertiary/aromatic N) is 1. The Morgan fingerprint density at radius 1 is 1.25 bits per heavy atom. The van der Waals surface area contributed by atoms with Crippen LogP contribution in [0.3, 0.4) is 0 Å². The molecular formula is C13H25NO2. The van der Waals surface area contributed by atoms with Gasteiger partial charge in [0.1, 0.15) is 0 Å². The molecule has 0 bridgehead atoms. The summed E-state index contributed by atoms with van der Waals surface area (Å²) >= 11 is 0. The molecule has 0 spiro atoms. The van der Waals surface area contributed by atoms with Gasteiger partial charge in [0.05, 0.1) is 18.3 Å². The van der Waals surface area contributed by atoms with E-state index in [9.17, 15) is 0 Å². The Bertz CT molecular complexity index is 242. The summed E-state index contributed by atoms with van der Waals surface area (Å²) in [6.07, 6.45) is 3.03. The third-order valence-electron chi connectivity index (χ3n) is 3.85. The number of rotatable bonds is 6. The van der Waals surface area contributed by atoms with Gasteiger partial charge in [-0.15, -0.1) is 0 Å². The van der Waals surface area contributed by atoms with Crippen molar-refractivity contribution in [2.75, 3.05) is 33.4 Å². The van der Waals surface area contributed by atoms with E-state index < -0.39 is 0 Å². The van der Waals surface area contributed by atoms with Crippen molar-refractivity contribution in [2.45, 2.75) is 45.3 Å². The zero-order chi connectivity index (χ0) is 11.8. The maximum Gasteiger partial charge on any atom is 0.0903 e. The quantitative estimate of drug-likeness (QED) is 0.692. The fourth-order valence-electron chi connectivity index (χ4n) is 2.48. The van der Waals surface area contributed by atoms with Gasteiger partial charge in [0.15, 0.2) is 0 Å².